The van der Waals surface area contributed by atoms with Crippen molar-refractivity contribution < 1.29 is 5.11 Å². The zero-order valence-corrected chi connectivity index (χ0v) is 13.8. The highest BCUT2D eigenvalue weighted by Crippen LogP contribution is 2.40. The van der Waals surface area contributed by atoms with Crippen molar-refractivity contribution in [2.45, 2.75) is 43.6 Å². The highest BCUT2D eigenvalue weighted by molar-refractivity contribution is 9.10. The van der Waals surface area contributed by atoms with Crippen LogP contribution in [0.15, 0.2) is 46.3 Å². The molecule has 1 nitrogen and oxygen atoms in total. The Morgan fingerprint density at radius 3 is 2.50 bits per heavy atom. The summed E-state index contributed by atoms with van der Waals surface area (Å²) in [5, 5.41) is 12.9. The zero-order chi connectivity index (χ0) is 14.0. The van der Waals surface area contributed by atoms with E-state index in [2.05, 4.69) is 57.7 Å². The summed E-state index contributed by atoms with van der Waals surface area (Å²) in [6.45, 7) is 0. The Morgan fingerprint density at radius 1 is 1.20 bits per heavy atom. The number of hydrogen-bond donors (Lipinski definition) is 1. The Kier molecular flexibility index (Phi) is 4.29. The van der Waals surface area contributed by atoms with Crippen molar-refractivity contribution in [1.29, 1.82) is 0 Å². The number of rotatable bonds is 3. The van der Waals surface area contributed by atoms with E-state index in [-0.39, 0.29) is 0 Å². The van der Waals surface area contributed by atoms with Crippen LogP contribution in [0.1, 0.15) is 42.0 Å². The largest absolute Gasteiger partial charge is 0.390 e. The number of halogens is 1. The first-order chi connectivity index (χ1) is 9.65. The van der Waals surface area contributed by atoms with Crippen LogP contribution in [0.5, 0.6) is 0 Å². The lowest BCUT2D eigenvalue weighted by molar-refractivity contribution is 0.000218. The fourth-order valence-corrected chi connectivity index (χ4v) is 4.75. The lowest BCUT2D eigenvalue weighted by Gasteiger charge is -2.36. The normalized spacial score (nSPS) is 26.6. The molecule has 0 radical (unpaired) electrons. The van der Waals surface area contributed by atoms with Gasteiger partial charge in [-0.15, -0.1) is 11.3 Å². The second kappa shape index (κ2) is 6.00. The van der Waals surface area contributed by atoms with Crippen molar-refractivity contribution in [2.24, 2.45) is 0 Å². The Morgan fingerprint density at radius 2 is 1.90 bits per heavy atom. The van der Waals surface area contributed by atoms with Crippen molar-refractivity contribution in [1.82, 2.24) is 0 Å². The Balaban J connectivity index is 1.62. The van der Waals surface area contributed by atoms with Gasteiger partial charge in [-0.3, -0.25) is 0 Å². The number of aliphatic hydroxyl groups is 1. The molecular weight excluding hydrogens is 332 g/mol. The third kappa shape index (κ3) is 3.33. The first kappa shape index (κ1) is 14.3. The fraction of sp³-hybridized carbons (Fsp3) is 0.412. The van der Waals surface area contributed by atoms with E-state index in [1.54, 1.807) is 11.3 Å². The molecule has 0 bridgehead atoms. The number of thiophene rings is 1. The van der Waals surface area contributed by atoms with Crippen LogP contribution in [0.2, 0.25) is 0 Å². The predicted molar refractivity (Wildman–Crippen MR) is 88.3 cm³/mol. The van der Waals surface area contributed by atoms with Gasteiger partial charge in [0.15, 0.2) is 0 Å². The maximum Gasteiger partial charge on any atom is 0.0696 e. The molecule has 20 heavy (non-hydrogen) atoms. The summed E-state index contributed by atoms with van der Waals surface area (Å²) in [5.74, 6) is 0.617. The van der Waals surface area contributed by atoms with Crippen LogP contribution in [-0.4, -0.2) is 10.7 Å². The first-order valence-corrected chi connectivity index (χ1v) is 8.82. The quantitative estimate of drug-likeness (QED) is 0.812. The van der Waals surface area contributed by atoms with Crippen molar-refractivity contribution in [3.8, 4) is 0 Å². The lowest BCUT2D eigenvalue weighted by Crippen LogP contribution is -2.35. The minimum Gasteiger partial charge on any atom is -0.390 e. The topological polar surface area (TPSA) is 20.2 Å². The fourth-order valence-electron chi connectivity index (χ4n) is 3.16. The summed E-state index contributed by atoms with van der Waals surface area (Å²) in [4.78, 5) is 1.28. The minimum atomic E-state index is -0.504. The summed E-state index contributed by atoms with van der Waals surface area (Å²) in [7, 11) is 0. The highest BCUT2D eigenvalue weighted by atomic mass is 79.9. The summed E-state index contributed by atoms with van der Waals surface area (Å²) in [6, 6.07) is 12.8. The molecule has 0 atom stereocenters. The van der Waals surface area contributed by atoms with Crippen molar-refractivity contribution in [3.05, 3.63) is 56.7 Å². The van der Waals surface area contributed by atoms with Crippen molar-refractivity contribution in [2.75, 3.05) is 0 Å². The molecule has 1 heterocycles. The Hall–Kier alpha value is -0.640. The molecule has 2 aromatic rings. The molecule has 0 aliphatic heterocycles. The van der Waals surface area contributed by atoms with Gasteiger partial charge in [0.05, 0.1) is 5.60 Å². The summed E-state index contributed by atoms with van der Waals surface area (Å²) < 4.78 is 1.12. The van der Waals surface area contributed by atoms with Gasteiger partial charge in [0.25, 0.3) is 0 Å². The molecule has 1 aliphatic rings. The second-order valence-electron chi connectivity index (χ2n) is 5.82. The molecule has 3 rings (SSSR count). The molecule has 0 amide bonds. The predicted octanol–water partition coefficient (Wildman–Crippen LogP) is 5.14. The smallest absolute Gasteiger partial charge is 0.0696 e. The molecule has 106 valence electrons. The molecule has 0 spiro atoms. The third-order valence-corrected chi connectivity index (χ3v) is 6.01. The Bertz CT molecular complexity index is 555. The SMILES string of the molecule is OC1(Cc2cc(Br)cs2)CCC(c2ccccc2)CC1. The molecule has 1 aromatic carbocycles. The van der Waals surface area contributed by atoms with E-state index in [4.69, 9.17) is 0 Å². The maximum atomic E-state index is 10.8. The van der Waals surface area contributed by atoms with Crippen molar-refractivity contribution in [3.63, 3.8) is 0 Å². The van der Waals surface area contributed by atoms with E-state index in [1.807, 2.05) is 0 Å². The van der Waals surface area contributed by atoms with E-state index in [9.17, 15) is 5.11 Å². The molecule has 1 N–H and O–H groups in total. The molecule has 1 aliphatic carbocycles. The van der Waals surface area contributed by atoms with Gasteiger partial charge < -0.3 is 5.11 Å². The molecule has 1 saturated carbocycles. The van der Waals surface area contributed by atoms with Gasteiger partial charge in [0.2, 0.25) is 0 Å². The van der Waals surface area contributed by atoms with Gasteiger partial charge >= 0.3 is 0 Å². The summed E-state index contributed by atoms with van der Waals surface area (Å²) in [6.07, 6.45) is 4.79. The van der Waals surface area contributed by atoms with Crippen LogP contribution in [0, 0.1) is 0 Å². The van der Waals surface area contributed by atoms with Crippen LogP contribution in [-0.2, 0) is 6.42 Å². The standard InChI is InChI=1S/C17H19BrOS/c18-15-10-16(20-12-15)11-17(19)8-6-14(7-9-17)13-4-2-1-3-5-13/h1-5,10,12,14,19H,6-9,11H2. The monoisotopic (exact) mass is 350 g/mol. The van der Waals surface area contributed by atoms with E-state index in [0.717, 1.165) is 36.6 Å². The van der Waals surface area contributed by atoms with Gasteiger partial charge in [-0.1, -0.05) is 30.3 Å². The van der Waals surface area contributed by atoms with E-state index in [1.165, 1.54) is 10.4 Å². The van der Waals surface area contributed by atoms with Gasteiger partial charge in [-0.2, -0.15) is 0 Å². The molecule has 3 heteroatoms. The van der Waals surface area contributed by atoms with Crippen LogP contribution in [0.4, 0.5) is 0 Å². The zero-order valence-electron chi connectivity index (χ0n) is 11.4. The molecule has 0 unspecified atom stereocenters. The van der Waals surface area contributed by atoms with Gasteiger partial charge in [0.1, 0.15) is 0 Å². The highest BCUT2D eigenvalue weighted by Gasteiger charge is 2.34. The Labute approximate surface area is 132 Å². The number of hydrogen-bond acceptors (Lipinski definition) is 2. The second-order valence-corrected chi connectivity index (χ2v) is 7.73. The van der Waals surface area contributed by atoms with Crippen LogP contribution >= 0.6 is 27.3 Å². The lowest BCUT2D eigenvalue weighted by atomic mass is 9.74. The van der Waals surface area contributed by atoms with E-state index >= 15 is 0 Å². The third-order valence-electron chi connectivity index (χ3n) is 4.31. The van der Waals surface area contributed by atoms with Crippen LogP contribution < -0.4 is 0 Å². The minimum absolute atomic E-state index is 0.504. The molecule has 0 saturated heterocycles. The summed E-state index contributed by atoms with van der Waals surface area (Å²) in [5.41, 5.74) is 0.920. The summed E-state index contributed by atoms with van der Waals surface area (Å²) >= 11 is 5.22. The van der Waals surface area contributed by atoms with Crippen LogP contribution in [0.3, 0.4) is 0 Å². The maximum absolute atomic E-state index is 10.8. The first-order valence-electron chi connectivity index (χ1n) is 7.15. The van der Waals surface area contributed by atoms with Gasteiger partial charge in [-0.05, 0) is 59.2 Å². The van der Waals surface area contributed by atoms with E-state index in [0.29, 0.717) is 5.92 Å². The average Bonchev–Trinajstić information content (AvgIpc) is 2.85. The van der Waals surface area contributed by atoms with Gasteiger partial charge in [0, 0.05) is 21.2 Å². The average molecular weight is 351 g/mol. The van der Waals surface area contributed by atoms with Crippen LogP contribution in [0.25, 0.3) is 0 Å². The molecular formula is C17H19BrOS. The molecule has 1 fully saturated rings. The number of benzene rings is 1. The molecule has 1 aromatic heterocycles. The van der Waals surface area contributed by atoms with E-state index < -0.39 is 5.60 Å². The van der Waals surface area contributed by atoms with Crippen molar-refractivity contribution >= 4 is 27.3 Å². The van der Waals surface area contributed by atoms with Gasteiger partial charge in [-0.25, -0.2) is 0 Å².